The van der Waals surface area contributed by atoms with E-state index in [4.69, 9.17) is 19.9 Å². The fourth-order valence-corrected chi connectivity index (χ4v) is 2.40. The number of nitrogens with two attached hydrogens (primary N) is 1. The molecule has 0 atom stereocenters. The van der Waals surface area contributed by atoms with Crippen molar-refractivity contribution in [3.63, 3.8) is 0 Å². The van der Waals surface area contributed by atoms with E-state index in [0.29, 0.717) is 19.8 Å². The van der Waals surface area contributed by atoms with Gasteiger partial charge in [0.05, 0.1) is 20.3 Å². The molecule has 18 heavy (non-hydrogen) atoms. The van der Waals surface area contributed by atoms with Gasteiger partial charge in [0, 0.05) is 17.5 Å². The Morgan fingerprint density at radius 3 is 2.67 bits per heavy atom. The maximum absolute atomic E-state index is 6.03. The SMILES string of the molecule is COc1cccc(C2(CN)CC2)c1OC1COC1. The van der Waals surface area contributed by atoms with E-state index < -0.39 is 0 Å². The van der Waals surface area contributed by atoms with Gasteiger partial charge in [-0.25, -0.2) is 0 Å². The van der Waals surface area contributed by atoms with Gasteiger partial charge in [0.15, 0.2) is 11.5 Å². The highest BCUT2D eigenvalue weighted by Gasteiger charge is 2.45. The molecule has 1 aliphatic heterocycles. The third-order valence-electron chi connectivity index (χ3n) is 3.91. The summed E-state index contributed by atoms with van der Waals surface area (Å²) in [5, 5.41) is 0. The molecule has 4 heteroatoms. The molecule has 0 aromatic heterocycles. The Hall–Kier alpha value is -1.26. The third-order valence-corrected chi connectivity index (χ3v) is 3.91. The molecule has 4 nitrogen and oxygen atoms in total. The van der Waals surface area contributed by atoms with Gasteiger partial charge in [-0.1, -0.05) is 12.1 Å². The summed E-state index contributed by atoms with van der Waals surface area (Å²) in [6.07, 6.45) is 2.41. The summed E-state index contributed by atoms with van der Waals surface area (Å²) < 4.78 is 16.6. The minimum Gasteiger partial charge on any atom is -0.493 e. The minimum absolute atomic E-state index is 0.106. The van der Waals surface area contributed by atoms with Gasteiger partial charge in [0.25, 0.3) is 0 Å². The van der Waals surface area contributed by atoms with Crippen LogP contribution in [0.5, 0.6) is 11.5 Å². The van der Waals surface area contributed by atoms with Gasteiger partial charge in [-0.05, 0) is 18.9 Å². The largest absolute Gasteiger partial charge is 0.493 e. The van der Waals surface area contributed by atoms with Crippen LogP contribution in [-0.2, 0) is 10.2 Å². The fourth-order valence-electron chi connectivity index (χ4n) is 2.40. The standard InChI is InChI=1S/C14H19NO3/c1-16-12-4-2-3-11(14(9-15)5-6-14)13(12)18-10-7-17-8-10/h2-4,10H,5-9,15H2,1H3. The first kappa shape index (κ1) is 11.8. The fraction of sp³-hybridized carbons (Fsp3) is 0.571. The van der Waals surface area contributed by atoms with Crippen molar-refractivity contribution in [3.05, 3.63) is 23.8 Å². The van der Waals surface area contributed by atoms with E-state index in [2.05, 4.69) is 6.07 Å². The Morgan fingerprint density at radius 2 is 2.17 bits per heavy atom. The normalized spacial score (nSPS) is 21.2. The van der Waals surface area contributed by atoms with Crippen LogP contribution in [0.15, 0.2) is 18.2 Å². The topological polar surface area (TPSA) is 53.7 Å². The van der Waals surface area contributed by atoms with Crippen LogP contribution in [0.2, 0.25) is 0 Å². The van der Waals surface area contributed by atoms with Crippen LogP contribution in [0.4, 0.5) is 0 Å². The van der Waals surface area contributed by atoms with Crippen molar-refractivity contribution in [2.45, 2.75) is 24.4 Å². The van der Waals surface area contributed by atoms with Crippen molar-refractivity contribution in [1.29, 1.82) is 0 Å². The number of methoxy groups -OCH3 is 1. The molecule has 98 valence electrons. The minimum atomic E-state index is 0.106. The van der Waals surface area contributed by atoms with Crippen molar-refractivity contribution < 1.29 is 14.2 Å². The summed E-state index contributed by atoms with van der Waals surface area (Å²) in [5.41, 5.74) is 7.21. The first-order chi connectivity index (χ1) is 8.79. The molecule has 2 N–H and O–H groups in total. The summed E-state index contributed by atoms with van der Waals surface area (Å²) in [6.45, 7) is 1.98. The van der Waals surface area contributed by atoms with E-state index in [9.17, 15) is 0 Å². The summed E-state index contributed by atoms with van der Waals surface area (Å²) in [4.78, 5) is 0. The highest BCUT2D eigenvalue weighted by molar-refractivity contribution is 5.52. The third kappa shape index (κ3) is 1.85. The van der Waals surface area contributed by atoms with E-state index >= 15 is 0 Å². The second-order valence-corrected chi connectivity index (χ2v) is 5.10. The molecule has 1 saturated carbocycles. The lowest BCUT2D eigenvalue weighted by Crippen LogP contribution is -2.39. The Bertz CT molecular complexity index is 439. The van der Waals surface area contributed by atoms with E-state index in [0.717, 1.165) is 24.3 Å². The van der Waals surface area contributed by atoms with E-state index in [1.54, 1.807) is 7.11 Å². The van der Waals surface area contributed by atoms with Crippen molar-refractivity contribution in [1.82, 2.24) is 0 Å². The Labute approximate surface area is 107 Å². The monoisotopic (exact) mass is 249 g/mol. The van der Waals surface area contributed by atoms with Crippen molar-refractivity contribution in [3.8, 4) is 11.5 Å². The zero-order chi connectivity index (χ0) is 12.6. The summed E-state index contributed by atoms with van der Waals surface area (Å²) in [7, 11) is 1.67. The van der Waals surface area contributed by atoms with Gasteiger partial charge in [0.1, 0.15) is 6.10 Å². The maximum atomic E-state index is 6.03. The van der Waals surface area contributed by atoms with Gasteiger partial charge in [0.2, 0.25) is 0 Å². The van der Waals surface area contributed by atoms with Crippen molar-refractivity contribution in [2.75, 3.05) is 26.9 Å². The van der Waals surface area contributed by atoms with E-state index in [1.807, 2.05) is 12.1 Å². The zero-order valence-electron chi connectivity index (χ0n) is 10.6. The average molecular weight is 249 g/mol. The second-order valence-electron chi connectivity index (χ2n) is 5.10. The van der Waals surface area contributed by atoms with E-state index in [1.165, 1.54) is 5.56 Å². The van der Waals surface area contributed by atoms with Gasteiger partial charge < -0.3 is 19.9 Å². The van der Waals surface area contributed by atoms with Crippen molar-refractivity contribution in [2.24, 2.45) is 5.73 Å². The van der Waals surface area contributed by atoms with Crippen LogP contribution in [0.3, 0.4) is 0 Å². The maximum Gasteiger partial charge on any atom is 0.165 e. The molecular formula is C14H19NO3. The molecule has 1 aromatic carbocycles. The lowest BCUT2D eigenvalue weighted by Gasteiger charge is -2.29. The van der Waals surface area contributed by atoms with E-state index in [-0.39, 0.29) is 11.5 Å². The lowest BCUT2D eigenvalue weighted by molar-refractivity contribution is -0.0808. The second kappa shape index (κ2) is 4.44. The van der Waals surface area contributed by atoms with Crippen LogP contribution in [0, 0.1) is 0 Å². The van der Waals surface area contributed by atoms with Crippen molar-refractivity contribution >= 4 is 0 Å². The molecule has 0 bridgehead atoms. The number of ether oxygens (including phenoxy) is 3. The molecular weight excluding hydrogens is 230 g/mol. The number of benzene rings is 1. The molecule has 0 spiro atoms. The van der Waals surface area contributed by atoms with Crippen LogP contribution in [0.1, 0.15) is 18.4 Å². The molecule has 0 radical (unpaired) electrons. The van der Waals surface area contributed by atoms with Gasteiger partial charge in [-0.2, -0.15) is 0 Å². The summed E-state index contributed by atoms with van der Waals surface area (Å²) >= 11 is 0. The molecule has 0 amide bonds. The van der Waals surface area contributed by atoms with Gasteiger partial charge in [-0.15, -0.1) is 0 Å². The molecule has 1 heterocycles. The summed E-state index contributed by atoms with van der Waals surface area (Å²) in [5.74, 6) is 1.65. The molecule has 3 rings (SSSR count). The molecule has 2 fully saturated rings. The molecule has 2 aliphatic rings. The highest BCUT2D eigenvalue weighted by atomic mass is 16.6. The van der Waals surface area contributed by atoms with Gasteiger partial charge >= 0.3 is 0 Å². The number of hydrogen-bond donors (Lipinski definition) is 1. The van der Waals surface area contributed by atoms with Crippen LogP contribution < -0.4 is 15.2 Å². The zero-order valence-corrected chi connectivity index (χ0v) is 10.6. The van der Waals surface area contributed by atoms with Crippen LogP contribution in [0.25, 0.3) is 0 Å². The average Bonchev–Trinajstić information content (AvgIpc) is 3.14. The highest BCUT2D eigenvalue weighted by Crippen LogP contribution is 2.52. The Balaban J connectivity index is 1.95. The number of hydrogen-bond acceptors (Lipinski definition) is 4. The number of rotatable bonds is 5. The smallest absolute Gasteiger partial charge is 0.165 e. The first-order valence-corrected chi connectivity index (χ1v) is 6.41. The predicted molar refractivity (Wildman–Crippen MR) is 68.2 cm³/mol. The molecule has 1 saturated heterocycles. The van der Waals surface area contributed by atoms with Gasteiger partial charge in [-0.3, -0.25) is 0 Å². The Kier molecular flexibility index (Phi) is 2.92. The van der Waals surface area contributed by atoms with Crippen LogP contribution >= 0.6 is 0 Å². The molecule has 1 aliphatic carbocycles. The van der Waals surface area contributed by atoms with Crippen LogP contribution in [-0.4, -0.2) is 33.0 Å². The number of para-hydroxylation sites is 1. The lowest BCUT2D eigenvalue weighted by atomic mass is 9.94. The predicted octanol–water partition coefficient (Wildman–Crippen LogP) is 1.46. The quantitative estimate of drug-likeness (QED) is 0.858. The first-order valence-electron chi connectivity index (χ1n) is 6.41. The molecule has 1 aromatic rings. The summed E-state index contributed by atoms with van der Waals surface area (Å²) in [6, 6.07) is 6.05. The molecule has 0 unspecified atom stereocenters. The Morgan fingerprint density at radius 1 is 1.39 bits per heavy atom.